The van der Waals surface area contributed by atoms with E-state index < -0.39 is 0 Å². The van der Waals surface area contributed by atoms with Crippen LogP contribution in [0.5, 0.6) is 5.75 Å². The van der Waals surface area contributed by atoms with E-state index in [1.165, 1.54) is 6.92 Å². The molecule has 0 saturated carbocycles. The zero-order valence-corrected chi connectivity index (χ0v) is 16.0. The Morgan fingerprint density at radius 2 is 1.76 bits per heavy atom. The van der Waals surface area contributed by atoms with Crippen LogP contribution >= 0.6 is 28.1 Å². The normalized spacial score (nSPS) is 9.88. The molecule has 3 N–H and O–H groups in total. The molecule has 0 aliphatic rings. The van der Waals surface area contributed by atoms with E-state index in [2.05, 4.69) is 31.9 Å². The number of ether oxygens (including phenoxy) is 1. The maximum Gasteiger partial charge on any atom is 0.257 e. The summed E-state index contributed by atoms with van der Waals surface area (Å²) in [6.07, 6.45) is 0. The lowest BCUT2D eigenvalue weighted by molar-refractivity contribution is -0.114. The predicted octanol–water partition coefficient (Wildman–Crippen LogP) is 3.54. The standard InChI is InChI=1S/C17H16BrN3O3S/c1-10(22)19-12-4-3-5-13(9-12)20-17(25)21-16(23)11-6-7-15(24-2)14(18)8-11/h3-9H,1-2H3,(H,19,22)(H2,20,21,23,25). The molecule has 25 heavy (non-hydrogen) atoms. The van der Waals surface area contributed by atoms with Crippen LogP contribution in [0, 0.1) is 0 Å². The van der Waals surface area contributed by atoms with Crippen LogP contribution in [0.3, 0.4) is 0 Å². The first-order valence-corrected chi connectivity index (χ1v) is 8.42. The van der Waals surface area contributed by atoms with Crippen molar-refractivity contribution in [1.82, 2.24) is 5.32 Å². The van der Waals surface area contributed by atoms with Crippen LogP contribution in [-0.2, 0) is 4.79 Å². The molecule has 0 heterocycles. The third kappa shape index (κ3) is 5.54. The van der Waals surface area contributed by atoms with Crippen molar-refractivity contribution in [2.75, 3.05) is 17.7 Å². The first-order chi connectivity index (χ1) is 11.9. The van der Waals surface area contributed by atoms with Crippen LogP contribution in [-0.4, -0.2) is 24.0 Å². The number of thiocarbonyl (C=S) groups is 1. The molecule has 0 aliphatic heterocycles. The topological polar surface area (TPSA) is 79.5 Å². The molecule has 0 saturated heterocycles. The third-order valence-corrected chi connectivity index (χ3v) is 3.91. The number of nitrogens with one attached hydrogen (secondary N) is 3. The number of carbonyl (C=O) groups is 2. The van der Waals surface area contributed by atoms with E-state index in [1.807, 2.05) is 0 Å². The number of carbonyl (C=O) groups excluding carboxylic acids is 2. The minimum absolute atomic E-state index is 0.150. The van der Waals surface area contributed by atoms with Crippen molar-refractivity contribution in [2.24, 2.45) is 0 Å². The SMILES string of the molecule is COc1ccc(C(=O)NC(=S)Nc2cccc(NC(C)=O)c2)cc1Br. The molecule has 0 aromatic heterocycles. The highest BCUT2D eigenvalue weighted by Gasteiger charge is 2.11. The molecule has 0 atom stereocenters. The number of halogens is 1. The lowest BCUT2D eigenvalue weighted by Gasteiger charge is -2.11. The van der Waals surface area contributed by atoms with Crippen LogP contribution in [0.1, 0.15) is 17.3 Å². The monoisotopic (exact) mass is 421 g/mol. The van der Waals surface area contributed by atoms with Gasteiger partial charge in [-0.3, -0.25) is 14.9 Å². The van der Waals surface area contributed by atoms with Crippen LogP contribution in [0.25, 0.3) is 0 Å². The van der Waals surface area contributed by atoms with Crippen molar-refractivity contribution in [3.63, 3.8) is 0 Å². The minimum Gasteiger partial charge on any atom is -0.496 e. The molecule has 6 nitrogen and oxygen atoms in total. The Hall–Kier alpha value is -2.45. The van der Waals surface area contributed by atoms with Crippen molar-refractivity contribution in [3.05, 3.63) is 52.5 Å². The largest absolute Gasteiger partial charge is 0.496 e. The van der Waals surface area contributed by atoms with Crippen molar-refractivity contribution in [2.45, 2.75) is 6.92 Å². The van der Waals surface area contributed by atoms with Crippen LogP contribution in [0.4, 0.5) is 11.4 Å². The van der Waals surface area contributed by atoms with E-state index in [9.17, 15) is 9.59 Å². The Morgan fingerprint density at radius 3 is 2.36 bits per heavy atom. The summed E-state index contributed by atoms with van der Waals surface area (Å²) < 4.78 is 5.80. The van der Waals surface area contributed by atoms with E-state index in [4.69, 9.17) is 17.0 Å². The summed E-state index contributed by atoms with van der Waals surface area (Å²) in [7, 11) is 1.55. The highest BCUT2D eigenvalue weighted by Crippen LogP contribution is 2.25. The molecule has 0 unspecified atom stereocenters. The number of hydrogen-bond acceptors (Lipinski definition) is 4. The molecule has 0 radical (unpaired) electrons. The van der Waals surface area contributed by atoms with Gasteiger partial charge >= 0.3 is 0 Å². The average molecular weight is 422 g/mol. The molecule has 0 fully saturated rings. The number of benzene rings is 2. The quantitative estimate of drug-likeness (QED) is 0.657. The molecule has 0 aliphatic carbocycles. The van der Waals surface area contributed by atoms with E-state index in [-0.39, 0.29) is 16.9 Å². The van der Waals surface area contributed by atoms with Crippen LogP contribution < -0.4 is 20.7 Å². The summed E-state index contributed by atoms with van der Waals surface area (Å²) >= 11 is 8.49. The van der Waals surface area contributed by atoms with Gasteiger partial charge in [-0.25, -0.2) is 0 Å². The Kier molecular flexibility index (Phi) is 6.49. The van der Waals surface area contributed by atoms with Crippen LogP contribution in [0.2, 0.25) is 0 Å². The molecule has 130 valence electrons. The van der Waals surface area contributed by atoms with E-state index in [0.717, 1.165) is 0 Å². The predicted molar refractivity (Wildman–Crippen MR) is 105 cm³/mol. The number of anilines is 2. The van der Waals surface area contributed by atoms with Gasteiger partial charge in [0.05, 0.1) is 11.6 Å². The van der Waals surface area contributed by atoms with Gasteiger partial charge in [0.25, 0.3) is 5.91 Å². The first-order valence-electron chi connectivity index (χ1n) is 7.22. The molecule has 0 spiro atoms. The van der Waals surface area contributed by atoms with E-state index in [0.29, 0.717) is 27.2 Å². The second-order valence-corrected chi connectivity index (χ2v) is 6.28. The van der Waals surface area contributed by atoms with Gasteiger partial charge in [0, 0.05) is 23.9 Å². The Balaban J connectivity index is 2.01. The number of rotatable bonds is 4. The van der Waals surface area contributed by atoms with Crippen molar-refractivity contribution >= 4 is 56.4 Å². The molecular formula is C17H16BrN3O3S. The summed E-state index contributed by atoms with van der Waals surface area (Å²) in [6.45, 7) is 1.43. The van der Waals surface area contributed by atoms with Gasteiger partial charge in [0.2, 0.25) is 5.91 Å². The summed E-state index contributed by atoms with van der Waals surface area (Å²) in [6, 6.07) is 12.0. The minimum atomic E-state index is -0.348. The lowest BCUT2D eigenvalue weighted by Crippen LogP contribution is -2.34. The van der Waals surface area contributed by atoms with E-state index in [1.54, 1.807) is 49.6 Å². The fraction of sp³-hybridized carbons (Fsp3) is 0.118. The van der Waals surface area contributed by atoms with Crippen LogP contribution in [0.15, 0.2) is 46.9 Å². The number of hydrogen-bond donors (Lipinski definition) is 3. The smallest absolute Gasteiger partial charge is 0.257 e. The van der Waals surface area contributed by atoms with Gasteiger partial charge in [0.15, 0.2) is 5.11 Å². The maximum absolute atomic E-state index is 12.3. The highest BCUT2D eigenvalue weighted by atomic mass is 79.9. The Morgan fingerprint density at radius 1 is 1.08 bits per heavy atom. The lowest BCUT2D eigenvalue weighted by atomic mass is 10.2. The fourth-order valence-corrected chi connectivity index (χ4v) is 2.77. The first kappa shape index (κ1) is 18.9. The summed E-state index contributed by atoms with van der Waals surface area (Å²) in [5.41, 5.74) is 1.71. The highest BCUT2D eigenvalue weighted by molar-refractivity contribution is 9.10. The fourth-order valence-electron chi connectivity index (χ4n) is 2.02. The summed E-state index contributed by atoms with van der Waals surface area (Å²) in [5, 5.41) is 8.33. The average Bonchev–Trinajstić information content (AvgIpc) is 2.54. The molecule has 2 aromatic rings. The Bertz CT molecular complexity index is 827. The summed E-state index contributed by atoms with van der Waals surface area (Å²) in [4.78, 5) is 23.3. The molecule has 2 aromatic carbocycles. The number of amides is 2. The van der Waals surface area contributed by atoms with Gasteiger partial charge in [-0.1, -0.05) is 6.07 Å². The zero-order chi connectivity index (χ0) is 18.4. The van der Waals surface area contributed by atoms with E-state index >= 15 is 0 Å². The zero-order valence-electron chi connectivity index (χ0n) is 13.6. The summed E-state index contributed by atoms with van der Waals surface area (Å²) in [5.74, 6) is 0.115. The van der Waals surface area contributed by atoms with Gasteiger partial charge in [0.1, 0.15) is 5.75 Å². The molecular weight excluding hydrogens is 406 g/mol. The molecule has 2 amide bonds. The molecule has 0 bridgehead atoms. The Labute approximate surface area is 159 Å². The van der Waals surface area contributed by atoms with Crippen molar-refractivity contribution in [3.8, 4) is 5.75 Å². The number of methoxy groups -OCH3 is 1. The third-order valence-electron chi connectivity index (χ3n) is 3.08. The van der Waals surface area contributed by atoms with Gasteiger partial charge in [-0.2, -0.15) is 0 Å². The van der Waals surface area contributed by atoms with Crippen molar-refractivity contribution in [1.29, 1.82) is 0 Å². The second kappa shape index (κ2) is 8.59. The van der Waals surface area contributed by atoms with Gasteiger partial charge in [-0.05, 0) is 64.5 Å². The van der Waals surface area contributed by atoms with Gasteiger partial charge < -0.3 is 15.4 Å². The van der Waals surface area contributed by atoms with Crippen molar-refractivity contribution < 1.29 is 14.3 Å². The molecule has 2 rings (SSSR count). The molecule has 8 heteroatoms. The van der Waals surface area contributed by atoms with Gasteiger partial charge in [-0.15, -0.1) is 0 Å². The second-order valence-electron chi connectivity index (χ2n) is 5.02. The maximum atomic E-state index is 12.3.